The minimum atomic E-state index is -5.08. The molecule has 54 heavy (non-hydrogen) atoms. The molecule has 1 aromatic heterocycles. The highest BCUT2D eigenvalue weighted by Crippen LogP contribution is 2.37. The van der Waals surface area contributed by atoms with Crippen LogP contribution in [0, 0.1) is 5.82 Å². The molecule has 2 aliphatic rings. The lowest BCUT2D eigenvalue weighted by molar-refractivity contribution is -0.192. The highest BCUT2D eigenvalue weighted by Gasteiger charge is 2.39. The first-order chi connectivity index (χ1) is 25.3. The molecule has 1 atom stereocenters. The van der Waals surface area contributed by atoms with Gasteiger partial charge < -0.3 is 31.1 Å². The highest BCUT2D eigenvalue weighted by molar-refractivity contribution is 7.92. The van der Waals surface area contributed by atoms with Crippen LogP contribution in [-0.4, -0.2) is 72.7 Å². The number of halogens is 6. The number of rotatable bonds is 7. The van der Waals surface area contributed by atoms with E-state index in [4.69, 9.17) is 20.4 Å². The van der Waals surface area contributed by atoms with Crippen LogP contribution in [-0.2, 0) is 37.2 Å². The van der Waals surface area contributed by atoms with Crippen molar-refractivity contribution in [2.24, 2.45) is 0 Å². The van der Waals surface area contributed by atoms with Gasteiger partial charge >= 0.3 is 12.1 Å². The predicted octanol–water partition coefficient (Wildman–Crippen LogP) is 5.87. The van der Waals surface area contributed by atoms with Gasteiger partial charge in [0.25, 0.3) is 6.43 Å². The number of nitrogen functional groups attached to an aromatic ring is 1. The van der Waals surface area contributed by atoms with E-state index in [1.54, 1.807) is 30.3 Å². The van der Waals surface area contributed by atoms with Crippen molar-refractivity contribution in [3.05, 3.63) is 83.3 Å². The van der Waals surface area contributed by atoms with Crippen LogP contribution in [0.1, 0.15) is 42.0 Å². The van der Waals surface area contributed by atoms with Crippen LogP contribution in [0.25, 0.3) is 10.8 Å². The average Bonchev–Trinajstić information content (AvgIpc) is 3.97. The molecule has 19 heteroatoms. The molecule has 4 bridgehead atoms. The average molecular weight is 782 g/mol. The number of nitrogens with one attached hydrogen (secondary N) is 2. The molecule has 4 aromatic rings. The minimum Gasteiger partial charge on any atom is -0.487 e. The number of carbonyl (C=O) groups excluding carboxylic acids is 2. The molecule has 0 saturated heterocycles. The molecule has 288 valence electrons. The lowest BCUT2D eigenvalue weighted by atomic mass is 9.98. The zero-order chi connectivity index (χ0) is 39.5. The lowest BCUT2D eigenvalue weighted by Crippen LogP contribution is -2.35. The Labute approximate surface area is 304 Å². The number of ether oxygens (including phenoxy) is 1. The number of nitrogens with two attached hydrogens (primary N) is 1. The van der Waals surface area contributed by atoms with E-state index in [-0.39, 0.29) is 47.1 Å². The number of carboxylic acids is 1. The second kappa shape index (κ2) is 15.8. The first kappa shape index (κ1) is 39.6. The molecule has 1 aliphatic heterocycles. The fourth-order valence-electron chi connectivity index (χ4n) is 5.68. The van der Waals surface area contributed by atoms with Crippen LogP contribution in [0.5, 0.6) is 5.75 Å². The van der Waals surface area contributed by atoms with Gasteiger partial charge in [-0.25, -0.2) is 31.4 Å². The molecular weight excluding hydrogens is 748 g/mol. The molecule has 2 amide bonds. The van der Waals surface area contributed by atoms with Gasteiger partial charge in [-0.15, -0.1) is 0 Å². The van der Waals surface area contributed by atoms with Gasteiger partial charge in [0.1, 0.15) is 30.0 Å². The Morgan fingerprint density at radius 3 is 2.41 bits per heavy atom. The van der Waals surface area contributed by atoms with E-state index in [9.17, 15) is 44.3 Å². The predicted molar refractivity (Wildman–Crippen MR) is 184 cm³/mol. The maximum Gasteiger partial charge on any atom is 0.490 e. The Balaban J connectivity index is 0.000000730. The van der Waals surface area contributed by atoms with Gasteiger partial charge in [-0.05, 0) is 84.5 Å². The molecule has 1 saturated carbocycles. The number of amides is 2. The number of aliphatic carboxylic acids is 1. The summed E-state index contributed by atoms with van der Waals surface area (Å²) in [7, 11) is -2.14. The summed E-state index contributed by atoms with van der Waals surface area (Å²) in [5, 5.41) is 13.1. The van der Waals surface area contributed by atoms with Crippen molar-refractivity contribution in [2.45, 2.75) is 61.0 Å². The van der Waals surface area contributed by atoms with Crippen LogP contribution in [0.4, 0.5) is 43.5 Å². The fourth-order valence-corrected chi connectivity index (χ4v) is 7.55. The SMILES string of the molecule is CN1Cc2cc(ccc2S(=O)(=O)C2CC2)NC(=O)CCc2cc(ccc2OCC(F)F)[C@@H](Nc2ccc3c(N)ncc(F)c3c2)C1=O.O=C(O)C(F)(F)F. The first-order valence-electron chi connectivity index (χ1n) is 16.2. The number of hydrogen-bond acceptors (Lipinski definition) is 9. The Morgan fingerprint density at radius 2 is 1.76 bits per heavy atom. The summed E-state index contributed by atoms with van der Waals surface area (Å²) < 4.78 is 105. The zero-order valence-electron chi connectivity index (χ0n) is 28.3. The lowest BCUT2D eigenvalue weighted by Gasteiger charge is -2.28. The number of alkyl halides is 5. The van der Waals surface area contributed by atoms with Gasteiger partial charge in [0.2, 0.25) is 11.8 Å². The Hall–Kier alpha value is -5.59. The molecule has 5 N–H and O–H groups in total. The van der Waals surface area contributed by atoms with Gasteiger partial charge in [-0.1, -0.05) is 6.07 Å². The van der Waals surface area contributed by atoms with E-state index in [1.165, 1.54) is 36.2 Å². The number of nitrogens with zero attached hydrogens (tertiary/aromatic N) is 2. The minimum absolute atomic E-state index is 0.0582. The fraction of sp³-hybridized carbons (Fsp3) is 0.314. The van der Waals surface area contributed by atoms with E-state index >= 15 is 0 Å². The Kier molecular flexibility index (Phi) is 11.6. The number of anilines is 3. The maximum atomic E-state index is 14.7. The second-order valence-electron chi connectivity index (χ2n) is 12.5. The summed E-state index contributed by atoms with van der Waals surface area (Å²) >= 11 is 0. The van der Waals surface area contributed by atoms with Crippen molar-refractivity contribution in [1.82, 2.24) is 9.88 Å². The number of sulfone groups is 1. The van der Waals surface area contributed by atoms with Crippen LogP contribution in [0.15, 0.2) is 65.7 Å². The molecule has 1 aliphatic carbocycles. The third kappa shape index (κ3) is 9.31. The quantitative estimate of drug-likeness (QED) is 0.166. The number of benzene rings is 3. The molecule has 1 fully saturated rings. The summed E-state index contributed by atoms with van der Waals surface area (Å²) in [6.07, 6.45) is -5.68. The van der Waals surface area contributed by atoms with E-state index < -0.39 is 58.0 Å². The van der Waals surface area contributed by atoms with Crippen molar-refractivity contribution in [3.8, 4) is 5.75 Å². The summed E-state index contributed by atoms with van der Waals surface area (Å²) in [4.78, 5) is 41.5. The third-order valence-corrected chi connectivity index (χ3v) is 10.8. The molecule has 3 aromatic carbocycles. The van der Waals surface area contributed by atoms with Crippen LogP contribution in [0.2, 0.25) is 0 Å². The molecule has 6 rings (SSSR count). The first-order valence-corrected chi connectivity index (χ1v) is 17.8. The number of aryl methyl sites for hydroxylation is 1. The van der Waals surface area contributed by atoms with Crippen LogP contribution >= 0.6 is 0 Å². The Bertz CT molecular complexity index is 2200. The number of fused-ring (bicyclic) bond motifs is 5. The Morgan fingerprint density at radius 1 is 1.06 bits per heavy atom. The van der Waals surface area contributed by atoms with E-state index in [0.717, 1.165) is 6.20 Å². The van der Waals surface area contributed by atoms with E-state index in [1.807, 2.05) is 0 Å². The summed E-state index contributed by atoms with van der Waals surface area (Å²) in [6, 6.07) is 12.7. The molecule has 0 spiro atoms. The van der Waals surface area contributed by atoms with E-state index in [2.05, 4.69) is 15.6 Å². The third-order valence-electron chi connectivity index (χ3n) is 8.47. The van der Waals surface area contributed by atoms with Gasteiger partial charge in [-0.2, -0.15) is 13.2 Å². The number of carboxylic acid groups (broad SMARTS) is 1. The molecular formula is C35H33F6N5O7S. The number of likely N-dealkylation sites (N-methyl/N-ethyl adjacent to an activating group) is 1. The second-order valence-corrected chi connectivity index (χ2v) is 14.7. The van der Waals surface area contributed by atoms with Crippen molar-refractivity contribution in [2.75, 3.05) is 30.0 Å². The largest absolute Gasteiger partial charge is 0.490 e. The van der Waals surface area contributed by atoms with Crippen LogP contribution < -0.4 is 21.1 Å². The van der Waals surface area contributed by atoms with Gasteiger partial charge in [-0.3, -0.25) is 9.59 Å². The van der Waals surface area contributed by atoms with Crippen molar-refractivity contribution in [1.29, 1.82) is 0 Å². The monoisotopic (exact) mass is 781 g/mol. The molecule has 12 nitrogen and oxygen atoms in total. The van der Waals surface area contributed by atoms with Gasteiger partial charge in [0.15, 0.2) is 9.84 Å². The molecule has 0 radical (unpaired) electrons. The topological polar surface area (TPSA) is 181 Å². The smallest absolute Gasteiger partial charge is 0.487 e. The van der Waals surface area contributed by atoms with Crippen molar-refractivity contribution >= 4 is 55.6 Å². The molecule has 0 unspecified atom stereocenters. The number of carbonyl (C=O) groups is 3. The van der Waals surface area contributed by atoms with Crippen LogP contribution in [0.3, 0.4) is 0 Å². The van der Waals surface area contributed by atoms with Gasteiger partial charge in [0, 0.05) is 42.2 Å². The summed E-state index contributed by atoms with van der Waals surface area (Å²) in [5.74, 6) is -3.95. The number of aromatic nitrogens is 1. The normalized spacial score (nSPS) is 16.6. The zero-order valence-corrected chi connectivity index (χ0v) is 29.1. The van der Waals surface area contributed by atoms with Crippen molar-refractivity contribution < 1.29 is 59.0 Å². The maximum absolute atomic E-state index is 14.7. The summed E-state index contributed by atoms with van der Waals surface area (Å²) in [6.45, 7) is -0.972. The summed E-state index contributed by atoms with van der Waals surface area (Å²) in [5.41, 5.74) is 7.83. The standard InChI is InChI=1S/C33H32F3N5O5S.C2HF3O2/c1-41-16-20-13-21(5-10-28(20)47(44,45)23-6-7-23)39-30(42)11-3-18-12-19(2-9-27(18)46-17-29(35)36)31(33(41)43)40-22-4-8-24-25(14-22)26(34)15-38-32(24)37;3-2(4,5)1(6)7/h2,4-5,8-10,12-15,23,29,31,40H,3,6-7,11,16-17H2,1H3,(H2,37,38)(H,39,42);(H,6,7)/t31-;/m1./s1. The molecule has 2 heterocycles. The number of pyridine rings is 1. The van der Waals surface area contributed by atoms with E-state index in [0.29, 0.717) is 46.3 Å². The van der Waals surface area contributed by atoms with Crippen molar-refractivity contribution in [3.63, 3.8) is 0 Å². The highest BCUT2D eigenvalue weighted by atomic mass is 32.2. The van der Waals surface area contributed by atoms with Gasteiger partial charge in [0.05, 0.1) is 16.3 Å². The number of hydrogen-bond donors (Lipinski definition) is 4.